The number of nitrogens with one attached hydrogen (secondary N) is 1. The van der Waals surface area contributed by atoms with Crippen LogP contribution in [0.15, 0.2) is 91.0 Å². The Bertz CT molecular complexity index is 1300. The van der Waals surface area contributed by atoms with Gasteiger partial charge in [0.2, 0.25) is 0 Å². The number of para-hydroxylation sites is 2. The molecule has 0 radical (unpaired) electrons. The number of rotatable bonds is 5. The molecule has 0 aromatic heterocycles. The van der Waals surface area contributed by atoms with E-state index in [0.717, 1.165) is 0 Å². The molecule has 0 spiro atoms. The molecule has 1 aliphatic rings. The van der Waals surface area contributed by atoms with E-state index in [0.29, 0.717) is 30.1 Å². The van der Waals surface area contributed by atoms with Crippen molar-refractivity contribution in [3.8, 4) is 5.75 Å². The monoisotopic (exact) mass is 440 g/mol. The normalized spacial score (nSPS) is 16.2. The highest BCUT2D eigenvalue weighted by Crippen LogP contribution is 2.34. The van der Waals surface area contributed by atoms with Gasteiger partial charge in [-0.3, -0.25) is 4.79 Å². The number of benzene rings is 4. The Morgan fingerprint density at radius 2 is 1.79 bits per heavy atom. The topological polar surface area (TPSA) is 41.6 Å². The van der Waals surface area contributed by atoms with E-state index in [-0.39, 0.29) is 18.1 Å². The van der Waals surface area contributed by atoms with Crippen molar-refractivity contribution in [1.82, 2.24) is 5.32 Å². The average Bonchev–Trinajstić information content (AvgIpc) is 2.86. The van der Waals surface area contributed by atoms with Crippen molar-refractivity contribution in [3.05, 3.63) is 108 Å². The molecule has 4 aromatic carbocycles. The van der Waals surface area contributed by atoms with Gasteiger partial charge < -0.3 is 15.0 Å². The van der Waals surface area contributed by atoms with Crippen LogP contribution in [-0.4, -0.2) is 25.1 Å². The highest BCUT2D eigenvalue weighted by atomic mass is 19.1. The second-order valence-electron chi connectivity index (χ2n) is 8.33. The van der Waals surface area contributed by atoms with E-state index < -0.39 is 5.82 Å². The van der Waals surface area contributed by atoms with Gasteiger partial charge in [-0.15, -0.1) is 0 Å². The molecule has 5 rings (SSSR count). The molecule has 1 N–H and O–H groups in total. The summed E-state index contributed by atoms with van der Waals surface area (Å²) in [6, 6.07) is 28.0. The lowest BCUT2D eigenvalue weighted by Crippen LogP contribution is -2.48. The predicted octanol–water partition coefficient (Wildman–Crippen LogP) is 5.74. The number of carbonyl (C=O) groups excluding carboxylic acids is 1. The molecule has 1 amide bonds. The largest absolute Gasteiger partial charge is 0.485 e. The Morgan fingerprint density at radius 3 is 2.67 bits per heavy atom. The van der Waals surface area contributed by atoms with Crippen LogP contribution in [0.3, 0.4) is 0 Å². The zero-order valence-corrected chi connectivity index (χ0v) is 18.4. The summed E-state index contributed by atoms with van der Waals surface area (Å²) in [4.78, 5) is 14.9. The molecule has 4 aromatic rings. The van der Waals surface area contributed by atoms with Crippen molar-refractivity contribution in [3.63, 3.8) is 0 Å². The Hall–Kier alpha value is -3.70. The zero-order chi connectivity index (χ0) is 22.8. The first-order valence-electron chi connectivity index (χ1n) is 11.1. The number of hydrogen-bond acceptors (Lipinski definition) is 3. The lowest BCUT2D eigenvalue weighted by molar-refractivity contribution is 0.0954. The van der Waals surface area contributed by atoms with Crippen LogP contribution in [0.1, 0.15) is 28.9 Å². The van der Waals surface area contributed by atoms with Crippen molar-refractivity contribution in [1.29, 1.82) is 0 Å². The minimum Gasteiger partial charge on any atom is -0.485 e. The van der Waals surface area contributed by atoms with E-state index in [1.807, 2.05) is 30.3 Å². The molecular formula is C28H25FN2O2. The second-order valence-corrected chi connectivity index (χ2v) is 8.33. The van der Waals surface area contributed by atoms with Crippen LogP contribution in [-0.2, 0) is 0 Å². The number of halogens is 1. The number of ether oxygens (including phenoxy) is 1. The van der Waals surface area contributed by atoms with Gasteiger partial charge >= 0.3 is 0 Å². The molecule has 0 saturated carbocycles. The molecule has 33 heavy (non-hydrogen) atoms. The summed E-state index contributed by atoms with van der Waals surface area (Å²) in [6.45, 7) is 3.07. The maximum absolute atomic E-state index is 13.7. The molecule has 0 bridgehead atoms. The average molecular weight is 441 g/mol. The molecular weight excluding hydrogens is 415 g/mol. The van der Waals surface area contributed by atoms with Gasteiger partial charge in [-0.2, -0.15) is 0 Å². The summed E-state index contributed by atoms with van der Waals surface area (Å²) in [5, 5.41) is 6.00. The van der Waals surface area contributed by atoms with Crippen LogP contribution in [0.4, 0.5) is 10.1 Å². The lowest BCUT2D eigenvalue weighted by atomic mass is 9.99. The molecule has 1 aliphatic heterocycles. The van der Waals surface area contributed by atoms with Crippen LogP contribution in [0.2, 0.25) is 0 Å². The molecule has 166 valence electrons. The first-order valence-corrected chi connectivity index (χ1v) is 11.1. The SMILES string of the molecule is C[C@@H](NCC1CN(C(=O)c2cccc(F)c2)c2ccccc2O1)c1cccc2ccccc12. The van der Waals surface area contributed by atoms with E-state index >= 15 is 0 Å². The molecule has 0 fully saturated rings. The van der Waals surface area contributed by atoms with E-state index in [2.05, 4.69) is 48.6 Å². The fourth-order valence-electron chi connectivity index (χ4n) is 4.42. The van der Waals surface area contributed by atoms with Crippen molar-refractivity contribution < 1.29 is 13.9 Å². The summed E-state index contributed by atoms with van der Waals surface area (Å²) < 4.78 is 20.0. The first kappa shape index (κ1) is 21.2. The quantitative estimate of drug-likeness (QED) is 0.430. The predicted molar refractivity (Wildman–Crippen MR) is 129 cm³/mol. The summed E-state index contributed by atoms with van der Waals surface area (Å²) in [6.07, 6.45) is -0.241. The van der Waals surface area contributed by atoms with Gasteiger partial charge in [0.05, 0.1) is 12.2 Å². The smallest absolute Gasteiger partial charge is 0.258 e. The van der Waals surface area contributed by atoms with E-state index in [4.69, 9.17) is 4.74 Å². The Balaban J connectivity index is 1.35. The van der Waals surface area contributed by atoms with Gasteiger partial charge in [0.25, 0.3) is 5.91 Å². The van der Waals surface area contributed by atoms with Crippen LogP contribution in [0, 0.1) is 5.82 Å². The Kier molecular flexibility index (Phi) is 5.80. The summed E-state index contributed by atoms with van der Waals surface area (Å²) >= 11 is 0. The highest BCUT2D eigenvalue weighted by molar-refractivity contribution is 6.07. The molecule has 5 heteroatoms. The first-order chi connectivity index (χ1) is 16.1. The zero-order valence-electron chi connectivity index (χ0n) is 18.4. The third kappa shape index (κ3) is 4.32. The van der Waals surface area contributed by atoms with Crippen molar-refractivity contribution in [2.45, 2.75) is 19.1 Å². The van der Waals surface area contributed by atoms with Crippen molar-refractivity contribution in [2.75, 3.05) is 18.0 Å². The van der Waals surface area contributed by atoms with Crippen LogP contribution in [0.5, 0.6) is 5.75 Å². The fraction of sp³-hybridized carbons (Fsp3) is 0.179. The van der Waals surface area contributed by atoms with Gasteiger partial charge in [-0.1, -0.05) is 60.7 Å². The Morgan fingerprint density at radius 1 is 1.03 bits per heavy atom. The van der Waals surface area contributed by atoms with Crippen molar-refractivity contribution in [2.24, 2.45) is 0 Å². The number of nitrogens with zero attached hydrogens (tertiary/aromatic N) is 1. The fourth-order valence-corrected chi connectivity index (χ4v) is 4.42. The van der Waals surface area contributed by atoms with E-state index in [1.165, 1.54) is 28.5 Å². The van der Waals surface area contributed by atoms with Crippen LogP contribution in [0.25, 0.3) is 10.8 Å². The molecule has 0 aliphatic carbocycles. The molecule has 4 nitrogen and oxygen atoms in total. The van der Waals surface area contributed by atoms with Crippen LogP contribution < -0.4 is 15.0 Å². The van der Waals surface area contributed by atoms with Gasteiger partial charge in [0.1, 0.15) is 17.7 Å². The molecule has 1 unspecified atom stereocenters. The molecule has 1 heterocycles. The summed E-state index contributed by atoms with van der Waals surface area (Å²) in [7, 11) is 0. The van der Waals surface area contributed by atoms with Gasteiger partial charge in [-0.25, -0.2) is 4.39 Å². The van der Waals surface area contributed by atoms with Gasteiger partial charge in [-0.05, 0) is 53.6 Å². The number of fused-ring (bicyclic) bond motifs is 2. The molecule has 0 saturated heterocycles. The number of anilines is 1. The third-order valence-corrected chi connectivity index (χ3v) is 6.09. The number of amides is 1. The number of carbonyl (C=O) groups is 1. The van der Waals surface area contributed by atoms with Gasteiger partial charge in [0.15, 0.2) is 0 Å². The maximum atomic E-state index is 13.7. The standard InChI is InChI=1S/C28H25FN2O2/c1-19(24-13-7-9-20-8-2-3-12-25(20)24)30-17-23-18-31(26-14-4-5-15-27(26)33-23)28(32)21-10-6-11-22(29)16-21/h2-16,19,23,30H,17-18H2,1H3/t19-,23?/m1/s1. The van der Waals surface area contributed by atoms with E-state index in [9.17, 15) is 9.18 Å². The van der Waals surface area contributed by atoms with Crippen LogP contribution >= 0.6 is 0 Å². The minimum absolute atomic E-state index is 0.101. The summed E-state index contributed by atoms with van der Waals surface area (Å²) in [5.74, 6) is -0.0139. The Labute approximate surface area is 192 Å². The summed E-state index contributed by atoms with van der Waals surface area (Å²) in [5.41, 5.74) is 2.24. The maximum Gasteiger partial charge on any atom is 0.258 e. The second kappa shape index (κ2) is 9.04. The van der Waals surface area contributed by atoms with Gasteiger partial charge in [0, 0.05) is 18.2 Å². The lowest BCUT2D eigenvalue weighted by Gasteiger charge is -2.35. The highest BCUT2D eigenvalue weighted by Gasteiger charge is 2.30. The minimum atomic E-state index is -0.426. The number of hydrogen-bond donors (Lipinski definition) is 1. The van der Waals surface area contributed by atoms with Crippen molar-refractivity contribution >= 4 is 22.4 Å². The third-order valence-electron chi connectivity index (χ3n) is 6.09. The van der Waals surface area contributed by atoms with E-state index in [1.54, 1.807) is 17.0 Å². The molecule has 2 atom stereocenters.